The van der Waals surface area contributed by atoms with Crippen LogP contribution in [0, 0.1) is 12.7 Å². The van der Waals surface area contributed by atoms with Crippen molar-refractivity contribution in [1.29, 1.82) is 0 Å². The largest absolute Gasteiger partial charge is 0.335 e. The highest BCUT2D eigenvalue weighted by Crippen LogP contribution is 2.21. The first-order valence-electron chi connectivity index (χ1n) is 4.64. The van der Waals surface area contributed by atoms with E-state index in [0.29, 0.717) is 4.47 Å². The van der Waals surface area contributed by atoms with Gasteiger partial charge < -0.3 is 5.32 Å². The van der Waals surface area contributed by atoms with E-state index in [9.17, 15) is 4.39 Å². The zero-order valence-corrected chi connectivity index (χ0v) is 10.4. The molecule has 0 aromatic carbocycles. The number of hydrogen-bond donors (Lipinski definition) is 1. The first-order chi connectivity index (χ1) is 7.56. The van der Waals surface area contributed by atoms with Gasteiger partial charge in [-0.1, -0.05) is 0 Å². The molecule has 0 aliphatic heterocycles. The van der Waals surface area contributed by atoms with Crippen LogP contribution in [0.3, 0.4) is 0 Å². The molecule has 4 nitrogen and oxygen atoms in total. The van der Waals surface area contributed by atoms with Crippen molar-refractivity contribution in [3.8, 4) is 0 Å². The van der Waals surface area contributed by atoms with Gasteiger partial charge >= 0.3 is 0 Å². The Morgan fingerprint density at radius 1 is 1.50 bits per heavy atom. The molecule has 0 radical (unpaired) electrons. The predicted molar refractivity (Wildman–Crippen MR) is 63.1 cm³/mol. The number of rotatable bonds is 2. The zero-order chi connectivity index (χ0) is 11.7. The highest BCUT2D eigenvalue weighted by atomic mass is 79.9. The van der Waals surface area contributed by atoms with Crippen LogP contribution in [-0.2, 0) is 7.05 Å². The standard InChI is InChI=1S/C10H10BrFN4/c1-6-9(5-16(2)15-6)14-10-8(12)3-7(11)4-13-10/h3-5H,1-2H3,(H,13,14). The molecule has 0 fully saturated rings. The molecule has 0 aliphatic carbocycles. The average molecular weight is 285 g/mol. The molecule has 1 N–H and O–H groups in total. The number of hydrogen-bond acceptors (Lipinski definition) is 3. The lowest BCUT2D eigenvalue weighted by molar-refractivity contribution is 0.625. The maximum absolute atomic E-state index is 13.5. The molecule has 0 saturated carbocycles. The summed E-state index contributed by atoms with van der Waals surface area (Å²) in [6, 6.07) is 1.36. The molecule has 0 saturated heterocycles. The first kappa shape index (κ1) is 11.1. The summed E-state index contributed by atoms with van der Waals surface area (Å²) in [7, 11) is 1.81. The van der Waals surface area contributed by atoms with Crippen molar-refractivity contribution in [2.45, 2.75) is 6.92 Å². The van der Waals surface area contributed by atoms with E-state index >= 15 is 0 Å². The average Bonchev–Trinajstić information content (AvgIpc) is 2.50. The minimum atomic E-state index is -0.405. The molecule has 0 atom stereocenters. The summed E-state index contributed by atoms with van der Waals surface area (Å²) < 4.78 is 15.8. The number of aryl methyl sites for hydroxylation is 2. The summed E-state index contributed by atoms with van der Waals surface area (Å²) in [5.74, 6) is -0.211. The highest BCUT2D eigenvalue weighted by Gasteiger charge is 2.08. The maximum Gasteiger partial charge on any atom is 0.166 e. The summed E-state index contributed by atoms with van der Waals surface area (Å²) in [4.78, 5) is 3.95. The Bertz CT molecular complexity index is 524. The van der Waals surface area contributed by atoms with E-state index < -0.39 is 5.82 Å². The van der Waals surface area contributed by atoms with Gasteiger partial charge in [0.25, 0.3) is 0 Å². The zero-order valence-electron chi connectivity index (χ0n) is 8.83. The van der Waals surface area contributed by atoms with Gasteiger partial charge in [-0.2, -0.15) is 5.10 Å². The van der Waals surface area contributed by atoms with Crippen molar-refractivity contribution in [3.63, 3.8) is 0 Å². The molecular formula is C10H10BrFN4. The second-order valence-corrected chi connectivity index (χ2v) is 4.33. The summed E-state index contributed by atoms with van der Waals surface area (Å²) >= 11 is 3.15. The summed E-state index contributed by atoms with van der Waals surface area (Å²) in [6.07, 6.45) is 3.32. The maximum atomic E-state index is 13.5. The van der Waals surface area contributed by atoms with E-state index in [1.54, 1.807) is 10.9 Å². The second-order valence-electron chi connectivity index (χ2n) is 3.41. The molecule has 0 spiro atoms. The highest BCUT2D eigenvalue weighted by molar-refractivity contribution is 9.10. The molecule has 16 heavy (non-hydrogen) atoms. The minimum Gasteiger partial charge on any atom is -0.335 e. The van der Waals surface area contributed by atoms with E-state index in [1.165, 1.54) is 12.3 Å². The van der Waals surface area contributed by atoms with Crippen molar-refractivity contribution in [3.05, 3.63) is 34.4 Å². The van der Waals surface area contributed by atoms with E-state index in [0.717, 1.165) is 11.4 Å². The lowest BCUT2D eigenvalue weighted by Gasteiger charge is -2.04. The van der Waals surface area contributed by atoms with E-state index in [2.05, 4.69) is 31.3 Å². The van der Waals surface area contributed by atoms with Crippen LogP contribution in [0.15, 0.2) is 22.9 Å². The van der Waals surface area contributed by atoms with Gasteiger partial charge in [0.2, 0.25) is 0 Å². The van der Waals surface area contributed by atoms with Gasteiger partial charge in [0.15, 0.2) is 11.6 Å². The number of nitrogens with one attached hydrogen (secondary N) is 1. The van der Waals surface area contributed by atoms with Gasteiger partial charge in [-0.3, -0.25) is 4.68 Å². The molecule has 84 valence electrons. The van der Waals surface area contributed by atoms with Crippen molar-refractivity contribution >= 4 is 27.4 Å². The van der Waals surface area contributed by atoms with Crippen molar-refractivity contribution in [1.82, 2.24) is 14.8 Å². The molecule has 6 heteroatoms. The fourth-order valence-corrected chi connectivity index (χ4v) is 1.66. The van der Waals surface area contributed by atoms with Crippen molar-refractivity contribution in [2.75, 3.05) is 5.32 Å². The van der Waals surface area contributed by atoms with Gasteiger partial charge in [0.1, 0.15) is 0 Å². The molecule has 0 aliphatic rings. The molecule has 0 bridgehead atoms. The van der Waals surface area contributed by atoms with Gasteiger partial charge in [-0.15, -0.1) is 0 Å². The van der Waals surface area contributed by atoms with Crippen molar-refractivity contribution < 1.29 is 4.39 Å². The third-order valence-electron chi connectivity index (χ3n) is 2.07. The number of halogens is 2. The Kier molecular flexibility index (Phi) is 2.91. The molecule has 2 aromatic heterocycles. The van der Waals surface area contributed by atoms with Crippen LogP contribution in [0.2, 0.25) is 0 Å². The minimum absolute atomic E-state index is 0.194. The monoisotopic (exact) mass is 284 g/mol. The Morgan fingerprint density at radius 2 is 2.25 bits per heavy atom. The van der Waals surface area contributed by atoms with Gasteiger partial charge in [-0.05, 0) is 28.9 Å². The molecule has 2 rings (SSSR count). The SMILES string of the molecule is Cc1nn(C)cc1Nc1ncc(Br)cc1F. The fourth-order valence-electron chi connectivity index (χ4n) is 1.36. The summed E-state index contributed by atoms with van der Waals surface area (Å²) in [6.45, 7) is 1.85. The number of pyridine rings is 1. The Hall–Kier alpha value is -1.43. The summed E-state index contributed by atoms with van der Waals surface area (Å²) in [5.41, 5.74) is 1.54. The quantitative estimate of drug-likeness (QED) is 0.922. The first-order valence-corrected chi connectivity index (χ1v) is 5.44. The predicted octanol–water partition coefficient (Wildman–Crippen LogP) is 2.77. The molecule has 0 amide bonds. The third kappa shape index (κ3) is 2.21. The van der Waals surface area contributed by atoms with Crippen LogP contribution in [0.1, 0.15) is 5.69 Å². The Morgan fingerprint density at radius 3 is 2.81 bits per heavy atom. The van der Waals surface area contributed by atoms with E-state index in [4.69, 9.17) is 0 Å². The van der Waals surface area contributed by atoms with Crippen LogP contribution < -0.4 is 5.32 Å². The topological polar surface area (TPSA) is 42.7 Å². The van der Waals surface area contributed by atoms with E-state index in [-0.39, 0.29) is 5.82 Å². The van der Waals surface area contributed by atoms with Crippen LogP contribution in [0.25, 0.3) is 0 Å². The Labute approximate surface area is 101 Å². The number of anilines is 2. The molecule has 2 aromatic rings. The normalized spacial score (nSPS) is 10.5. The van der Waals surface area contributed by atoms with Crippen LogP contribution in [0.4, 0.5) is 15.9 Å². The Balaban J connectivity index is 2.30. The lowest BCUT2D eigenvalue weighted by atomic mass is 10.4. The van der Waals surface area contributed by atoms with E-state index in [1.807, 2.05) is 14.0 Å². The second kappa shape index (κ2) is 4.21. The van der Waals surface area contributed by atoms with Crippen LogP contribution in [0.5, 0.6) is 0 Å². The third-order valence-corrected chi connectivity index (χ3v) is 2.51. The lowest BCUT2D eigenvalue weighted by Crippen LogP contribution is -1.97. The van der Waals surface area contributed by atoms with Gasteiger partial charge in [-0.25, -0.2) is 9.37 Å². The fraction of sp³-hybridized carbons (Fsp3) is 0.200. The van der Waals surface area contributed by atoms with Crippen molar-refractivity contribution in [2.24, 2.45) is 7.05 Å². The molecule has 0 unspecified atom stereocenters. The van der Waals surface area contributed by atoms with Gasteiger partial charge in [0, 0.05) is 23.9 Å². The van der Waals surface area contributed by atoms with Crippen LogP contribution in [-0.4, -0.2) is 14.8 Å². The number of nitrogens with zero attached hydrogens (tertiary/aromatic N) is 3. The number of aromatic nitrogens is 3. The molecule has 2 heterocycles. The summed E-state index contributed by atoms with van der Waals surface area (Å²) in [5, 5.41) is 7.05. The smallest absolute Gasteiger partial charge is 0.166 e. The van der Waals surface area contributed by atoms with Gasteiger partial charge in [0.05, 0.1) is 11.4 Å². The molecular weight excluding hydrogens is 275 g/mol. The van der Waals surface area contributed by atoms with Crippen LogP contribution >= 0.6 is 15.9 Å².